The molecule has 4 nitrogen and oxygen atoms in total. The van der Waals surface area contributed by atoms with Crippen LogP contribution in [0.15, 0.2) is 36.4 Å². The van der Waals surface area contributed by atoms with Crippen molar-refractivity contribution in [1.82, 2.24) is 4.90 Å². The number of carbonyl (C=O) groups is 1. The Morgan fingerprint density at radius 1 is 1.03 bits per heavy atom. The molecule has 0 amide bonds. The van der Waals surface area contributed by atoms with E-state index in [9.17, 15) is 9.90 Å². The SMILES string of the molecule is CC(C)(C)[C@H]1CC[C@H](Oc2cccc3cc(CN4CCCC(C(=O)O)CC4)ccc23)CC1. The predicted octanol–water partition coefficient (Wildman–Crippen LogP) is 6.51. The van der Waals surface area contributed by atoms with Crippen molar-refractivity contribution in [1.29, 1.82) is 0 Å². The molecule has 1 heterocycles. The fraction of sp³-hybridized carbons (Fsp3) is 0.607. The van der Waals surface area contributed by atoms with Gasteiger partial charge >= 0.3 is 5.97 Å². The molecule has 2 aromatic carbocycles. The van der Waals surface area contributed by atoms with E-state index in [-0.39, 0.29) is 5.92 Å². The second-order valence-electron chi connectivity index (χ2n) is 11.0. The van der Waals surface area contributed by atoms with Gasteiger partial charge in [0, 0.05) is 11.9 Å². The number of fused-ring (bicyclic) bond motifs is 1. The van der Waals surface area contributed by atoms with E-state index in [2.05, 4.69) is 62.1 Å². The van der Waals surface area contributed by atoms with E-state index in [0.717, 1.165) is 63.4 Å². The van der Waals surface area contributed by atoms with Crippen molar-refractivity contribution < 1.29 is 14.6 Å². The van der Waals surface area contributed by atoms with Crippen LogP contribution in [0.25, 0.3) is 10.8 Å². The number of ether oxygens (including phenoxy) is 1. The molecule has 0 aromatic heterocycles. The Morgan fingerprint density at radius 3 is 2.53 bits per heavy atom. The molecule has 2 fully saturated rings. The van der Waals surface area contributed by atoms with Crippen LogP contribution in [-0.2, 0) is 11.3 Å². The maximum Gasteiger partial charge on any atom is 0.306 e. The van der Waals surface area contributed by atoms with Crippen molar-refractivity contribution in [3.63, 3.8) is 0 Å². The van der Waals surface area contributed by atoms with Crippen LogP contribution in [-0.4, -0.2) is 35.2 Å². The van der Waals surface area contributed by atoms with Gasteiger partial charge in [-0.1, -0.05) is 45.0 Å². The summed E-state index contributed by atoms with van der Waals surface area (Å²) in [6, 6.07) is 13.1. The lowest BCUT2D eigenvalue weighted by Gasteiger charge is -2.37. The zero-order valence-electron chi connectivity index (χ0n) is 20.0. The standard InChI is InChI=1S/C28H39NO3/c1-28(2,3)23-10-12-24(13-11-23)32-26-8-4-6-22-18-20(9-14-25(22)26)19-29-16-5-7-21(15-17-29)27(30)31/h4,6,8-9,14,18,21,23-24H,5,7,10-13,15-17,19H2,1-3H3,(H,30,31)/t21?,23-,24-. The molecule has 1 saturated carbocycles. The largest absolute Gasteiger partial charge is 0.490 e. The second-order valence-corrected chi connectivity index (χ2v) is 11.0. The van der Waals surface area contributed by atoms with Crippen LogP contribution < -0.4 is 4.74 Å². The van der Waals surface area contributed by atoms with Crippen molar-refractivity contribution in [2.24, 2.45) is 17.3 Å². The quantitative estimate of drug-likeness (QED) is 0.579. The fourth-order valence-corrected chi connectivity index (χ4v) is 5.55. The molecule has 1 aliphatic heterocycles. The molecule has 1 atom stereocenters. The molecule has 1 N–H and O–H groups in total. The second kappa shape index (κ2) is 9.82. The number of benzene rings is 2. The number of nitrogens with zero attached hydrogens (tertiary/aromatic N) is 1. The number of hydrogen-bond acceptors (Lipinski definition) is 3. The maximum atomic E-state index is 11.3. The Bertz CT molecular complexity index is 924. The molecule has 2 aliphatic rings. The normalized spacial score (nSPS) is 25.4. The highest BCUT2D eigenvalue weighted by Gasteiger charge is 2.30. The molecular formula is C28H39NO3. The minimum absolute atomic E-state index is 0.185. The number of aliphatic carboxylic acids is 1. The van der Waals surface area contributed by atoms with Crippen LogP contribution in [0.4, 0.5) is 0 Å². The van der Waals surface area contributed by atoms with Gasteiger partial charge in [0.15, 0.2) is 0 Å². The molecule has 0 radical (unpaired) electrons. The summed E-state index contributed by atoms with van der Waals surface area (Å²) in [5.41, 5.74) is 1.68. The van der Waals surface area contributed by atoms with Crippen molar-refractivity contribution in [2.45, 2.75) is 78.4 Å². The third-order valence-corrected chi connectivity index (χ3v) is 7.67. The molecular weight excluding hydrogens is 398 g/mol. The van der Waals surface area contributed by atoms with Gasteiger partial charge in [-0.2, -0.15) is 0 Å². The van der Waals surface area contributed by atoms with E-state index in [1.807, 2.05) is 0 Å². The van der Waals surface area contributed by atoms with E-state index < -0.39 is 5.97 Å². The zero-order valence-corrected chi connectivity index (χ0v) is 20.0. The van der Waals surface area contributed by atoms with Crippen molar-refractivity contribution in [3.05, 3.63) is 42.0 Å². The molecule has 4 heteroatoms. The van der Waals surface area contributed by atoms with E-state index in [1.54, 1.807) is 0 Å². The summed E-state index contributed by atoms with van der Waals surface area (Å²) < 4.78 is 6.50. The topological polar surface area (TPSA) is 49.8 Å². The Balaban J connectivity index is 1.40. The van der Waals surface area contributed by atoms with Gasteiger partial charge in [-0.05, 0) is 92.5 Å². The highest BCUT2D eigenvalue weighted by Crippen LogP contribution is 2.39. The lowest BCUT2D eigenvalue weighted by molar-refractivity contribution is -0.142. The van der Waals surface area contributed by atoms with Crippen LogP contribution in [0.1, 0.15) is 71.3 Å². The first-order valence-corrected chi connectivity index (χ1v) is 12.4. The van der Waals surface area contributed by atoms with Gasteiger partial charge in [-0.25, -0.2) is 0 Å². The first-order valence-electron chi connectivity index (χ1n) is 12.4. The lowest BCUT2D eigenvalue weighted by Crippen LogP contribution is -2.30. The Labute approximate surface area is 192 Å². The van der Waals surface area contributed by atoms with Gasteiger partial charge < -0.3 is 9.84 Å². The summed E-state index contributed by atoms with van der Waals surface area (Å²) in [5, 5.41) is 11.7. The monoisotopic (exact) mass is 437 g/mol. The molecule has 4 rings (SSSR count). The number of likely N-dealkylation sites (tertiary alicyclic amines) is 1. The average Bonchev–Trinajstić information content (AvgIpc) is 2.99. The summed E-state index contributed by atoms with van der Waals surface area (Å²) >= 11 is 0. The van der Waals surface area contributed by atoms with E-state index in [1.165, 1.54) is 29.2 Å². The van der Waals surface area contributed by atoms with Gasteiger partial charge in [0.2, 0.25) is 0 Å². The van der Waals surface area contributed by atoms with Crippen molar-refractivity contribution in [3.8, 4) is 5.75 Å². The highest BCUT2D eigenvalue weighted by atomic mass is 16.5. The number of rotatable bonds is 5. The van der Waals surface area contributed by atoms with E-state index in [4.69, 9.17) is 4.74 Å². The summed E-state index contributed by atoms with van der Waals surface area (Å²) in [6.45, 7) is 9.79. The van der Waals surface area contributed by atoms with Gasteiger partial charge in [0.05, 0.1) is 12.0 Å². The van der Waals surface area contributed by atoms with Gasteiger partial charge in [0.1, 0.15) is 5.75 Å². The predicted molar refractivity (Wildman–Crippen MR) is 130 cm³/mol. The van der Waals surface area contributed by atoms with Gasteiger partial charge in [-0.15, -0.1) is 0 Å². The third kappa shape index (κ3) is 5.64. The van der Waals surface area contributed by atoms with Crippen LogP contribution in [0.2, 0.25) is 0 Å². The zero-order chi connectivity index (χ0) is 22.7. The van der Waals surface area contributed by atoms with Crippen LogP contribution >= 0.6 is 0 Å². The molecule has 1 unspecified atom stereocenters. The first-order chi connectivity index (χ1) is 15.3. The number of hydrogen-bond donors (Lipinski definition) is 1. The minimum Gasteiger partial charge on any atom is -0.490 e. The highest BCUT2D eigenvalue weighted by molar-refractivity contribution is 5.88. The molecule has 1 saturated heterocycles. The van der Waals surface area contributed by atoms with Crippen molar-refractivity contribution in [2.75, 3.05) is 13.1 Å². The van der Waals surface area contributed by atoms with Crippen LogP contribution in [0, 0.1) is 17.3 Å². The smallest absolute Gasteiger partial charge is 0.306 e. The van der Waals surface area contributed by atoms with Crippen molar-refractivity contribution >= 4 is 16.7 Å². The summed E-state index contributed by atoms with van der Waals surface area (Å²) in [7, 11) is 0. The van der Waals surface area contributed by atoms with Gasteiger partial charge in [-0.3, -0.25) is 9.69 Å². The first kappa shape index (κ1) is 23.1. The molecule has 0 bridgehead atoms. The van der Waals surface area contributed by atoms with Crippen LogP contribution in [0.3, 0.4) is 0 Å². The molecule has 174 valence electrons. The summed E-state index contributed by atoms with van der Waals surface area (Å²) in [5.74, 6) is 0.973. The minimum atomic E-state index is -0.642. The Morgan fingerprint density at radius 2 is 1.81 bits per heavy atom. The van der Waals surface area contributed by atoms with Gasteiger partial charge in [0.25, 0.3) is 0 Å². The molecule has 32 heavy (non-hydrogen) atoms. The number of carboxylic acids is 1. The fourth-order valence-electron chi connectivity index (χ4n) is 5.55. The van der Waals surface area contributed by atoms with E-state index in [0.29, 0.717) is 11.5 Å². The summed E-state index contributed by atoms with van der Waals surface area (Å²) in [6.07, 6.45) is 7.60. The molecule has 0 spiro atoms. The lowest BCUT2D eigenvalue weighted by atomic mass is 9.72. The van der Waals surface area contributed by atoms with E-state index >= 15 is 0 Å². The third-order valence-electron chi connectivity index (χ3n) is 7.67. The Hall–Kier alpha value is -2.07. The maximum absolute atomic E-state index is 11.3. The Kier molecular flexibility index (Phi) is 7.09. The average molecular weight is 438 g/mol. The molecule has 2 aromatic rings. The molecule has 1 aliphatic carbocycles. The van der Waals surface area contributed by atoms with Crippen LogP contribution in [0.5, 0.6) is 5.75 Å². The summed E-state index contributed by atoms with van der Waals surface area (Å²) in [4.78, 5) is 13.7. The number of carboxylic acid groups (broad SMARTS) is 1.